The molecular formula is C22H26BrN3O4. The van der Waals surface area contributed by atoms with E-state index in [2.05, 4.69) is 31.9 Å². The van der Waals surface area contributed by atoms with Crippen molar-refractivity contribution in [2.75, 3.05) is 19.0 Å². The van der Waals surface area contributed by atoms with Gasteiger partial charge in [-0.05, 0) is 48.7 Å². The summed E-state index contributed by atoms with van der Waals surface area (Å²) in [6.07, 6.45) is 0. The van der Waals surface area contributed by atoms with Gasteiger partial charge in [-0.3, -0.25) is 14.4 Å². The number of hydrogen-bond acceptors (Lipinski definition) is 4. The summed E-state index contributed by atoms with van der Waals surface area (Å²) in [5.41, 5.74) is 1.90. The topological polar surface area (TPSA) is 96.5 Å². The van der Waals surface area contributed by atoms with Crippen LogP contribution in [0.4, 0.5) is 5.69 Å². The monoisotopic (exact) mass is 475 g/mol. The van der Waals surface area contributed by atoms with E-state index in [4.69, 9.17) is 4.74 Å². The highest BCUT2D eigenvalue weighted by atomic mass is 79.9. The molecule has 7 nitrogen and oxygen atoms in total. The fraction of sp³-hybridized carbons (Fsp3) is 0.318. The average molecular weight is 476 g/mol. The summed E-state index contributed by atoms with van der Waals surface area (Å²) < 4.78 is 6.12. The van der Waals surface area contributed by atoms with Crippen LogP contribution in [0.15, 0.2) is 46.9 Å². The Morgan fingerprint density at radius 1 is 1.10 bits per heavy atom. The molecule has 0 saturated heterocycles. The first-order valence-corrected chi connectivity index (χ1v) is 10.3. The number of halogens is 1. The minimum Gasteiger partial charge on any atom is -0.496 e. The lowest BCUT2D eigenvalue weighted by atomic mass is 10.0. The maximum atomic E-state index is 12.6. The lowest BCUT2D eigenvalue weighted by Gasteiger charge is -2.22. The molecule has 0 bridgehead atoms. The second kappa shape index (κ2) is 10.8. The number of ether oxygens (including phenoxy) is 1. The minimum absolute atomic E-state index is 0.180. The van der Waals surface area contributed by atoms with Crippen LogP contribution in [0, 0.1) is 12.8 Å². The summed E-state index contributed by atoms with van der Waals surface area (Å²) in [5.74, 6) is -0.970. The van der Waals surface area contributed by atoms with Gasteiger partial charge in [0.1, 0.15) is 11.8 Å². The Hall–Kier alpha value is -2.87. The lowest BCUT2D eigenvalue weighted by molar-refractivity contribution is -0.126. The maximum absolute atomic E-state index is 12.6. The van der Waals surface area contributed by atoms with Gasteiger partial charge < -0.3 is 20.7 Å². The van der Waals surface area contributed by atoms with Gasteiger partial charge in [0, 0.05) is 10.2 Å². The molecule has 0 fully saturated rings. The third kappa shape index (κ3) is 6.32. The van der Waals surface area contributed by atoms with Crippen LogP contribution in [0.25, 0.3) is 0 Å². The van der Waals surface area contributed by atoms with Crippen molar-refractivity contribution in [2.24, 2.45) is 5.92 Å². The molecule has 3 N–H and O–H groups in total. The third-order valence-corrected chi connectivity index (χ3v) is 4.97. The molecule has 0 aliphatic carbocycles. The number of aryl methyl sites for hydroxylation is 1. The zero-order valence-electron chi connectivity index (χ0n) is 17.4. The van der Waals surface area contributed by atoms with Crippen molar-refractivity contribution in [3.05, 3.63) is 58.1 Å². The molecule has 0 heterocycles. The lowest BCUT2D eigenvalue weighted by Crippen LogP contribution is -2.51. The standard InChI is InChI=1S/C22H26BrN3O4/c1-13(2)20(26-21(28)16-7-5-6-8-18(16)30-4)22(29)24-12-19(27)25-17-10-9-15(23)11-14(17)3/h5-11,13,20H,12H2,1-4H3,(H,24,29)(H,25,27)(H,26,28)/t20-/m0/s1. The molecule has 0 aliphatic rings. The van der Waals surface area contributed by atoms with Crippen molar-refractivity contribution in [1.29, 1.82) is 0 Å². The molecule has 2 rings (SSSR count). The molecule has 3 amide bonds. The Morgan fingerprint density at radius 3 is 2.43 bits per heavy atom. The largest absolute Gasteiger partial charge is 0.496 e. The van der Waals surface area contributed by atoms with Crippen LogP contribution in [-0.4, -0.2) is 37.4 Å². The molecule has 1 atom stereocenters. The highest BCUT2D eigenvalue weighted by molar-refractivity contribution is 9.10. The number of para-hydroxylation sites is 1. The van der Waals surface area contributed by atoms with E-state index < -0.39 is 17.9 Å². The van der Waals surface area contributed by atoms with E-state index in [0.29, 0.717) is 17.0 Å². The zero-order valence-corrected chi connectivity index (χ0v) is 19.0. The Labute approximate surface area is 184 Å². The van der Waals surface area contributed by atoms with Gasteiger partial charge in [0.25, 0.3) is 5.91 Å². The van der Waals surface area contributed by atoms with Gasteiger partial charge in [-0.1, -0.05) is 41.9 Å². The molecule has 30 heavy (non-hydrogen) atoms. The molecule has 160 valence electrons. The van der Waals surface area contributed by atoms with Gasteiger partial charge in [0.15, 0.2) is 0 Å². The molecule has 0 aliphatic heterocycles. The summed E-state index contributed by atoms with van der Waals surface area (Å²) in [7, 11) is 1.48. The fourth-order valence-corrected chi connectivity index (χ4v) is 3.30. The van der Waals surface area contributed by atoms with E-state index >= 15 is 0 Å². The summed E-state index contributed by atoms with van der Waals surface area (Å²) >= 11 is 3.38. The predicted molar refractivity (Wildman–Crippen MR) is 120 cm³/mol. The first-order valence-electron chi connectivity index (χ1n) is 9.50. The summed E-state index contributed by atoms with van der Waals surface area (Å²) in [4.78, 5) is 37.5. The number of rotatable bonds is 8. The van der Waals surface area contributed by atoms with E-state index in [1.807, 2.05) is 32.9 Å². The van der Waals surface area contributed by atoms with E-state index in [0.717, 1.165) is 10.0 Å². The van der Waals surface area contributed by atoms with E-state index in [1.165, 1.54) is 7.11 Å². The van der Waals surface area contributed by atoms with E-state index in [9.17, 15) is 14.4 Å². The van der Waals surface area contributed by atoms with Crippen LogP contribution in [-0.2, 0) is 9.59 Å². The van der Waals surface area contributed by atoms with Crippen molar-refractivity contribution in [2.45, 2.75) is 26.8 Å². The SMILES string of the molecule is COc1ccccc1C(=O)N[C@H](C(=O)NCC(=O)Nc1ccc(Br)cc1C)C(C)C. The molecule has 2 aromatic rings. The van der Waals surface area contributed by atoms with Crippen molar-refractivity contribution in [3.63, 3.8) is 0 Å². The number of nitrogens with one attached hydrogen (secondary N) is 3. The van der Waals surface area contributed by atoms with Crippen molar-refractivity contribution < 1.29 is 19.1 Å². The van der Waals surface area contributed by atoms with Gasteiger partial charge in [-0.15, -0.1) is 0 Å². The second-order valence-electron chi connectivity index (χ2n) is 7.12. The van der Waals surface area contributed by atoms with Crippen molar-refractivity contribution in [1.82, 2.24) is 10.6 Å². The highest BCUT2D eigenvalue weighted by Gasteiger charge is 2.26. The van der Waals surface area contributed by atoms with Crippen molar-refractivity contribution >= 4 is 39.3 Å². The first kappa shape index (κ1) is 23.4. The van der Waals surface area contributed by atoms with Crippen molar-refractivity contribution in [3.8, 4) is 5.75 Å². The van der Waals surface area contributed by atoms with Crippen LogP contribution in [0.5, 0.6) is 5.75 Å². The number of methoxy groups -OCH3 is 1. The first-order chi connectivity index (χ1) is 14.2. The number of benzene rings is 2. The smallest absolute Gasteiger partial charge is 0.255 e. The number of carbonyl (C=O) groups is 3. The van der Waals surface area contributed by atoms with Crippen LogP contribution in [0.1, 0.15) is 29.8 Å². The summed E-state index contributed by atoms with van der Waals surface area (Å²) in [5, 5.41) is 8.09. The van der Waals surface area contributed by atoms with Gasteiger partial charge in [0.05, 0.1) is 19.2 Å². The van der Waals surface area contributed by atoms with Crippen LogP contribution < -0.4 is 20.7 Å². The maximum Gasteiger partial charge on any atom is 0.255 e. The van der Waals surface area contributed by atoms with Gasteiger partial charge in [-0.2, -0.15) is 0 Å². The minimum atomic E-state index is -0.801. The predicted octanol–water partition coefficient (Wildman–Crippen LogP) is 3.28. The molecule has 0 aromatic heterocycles. The molecular weight excluding hydrogens is 450 g/mol. The van der Waals surface area contributed by atoms with Gasteiger partial charge in [0.2, 0.25) is 11.8 Å². The number of carbonyl (C=O) groups excluding carboxylic acids is 3. The average Bonchev–Trinajstić information content (AvgIpc) is 2.71. The van der Waals surface area contributed by atoms with Crippen LogP contribution >= 0.6 is 15.9 Å². The van der Waals surface area contributed by atoms with Crippen LogP contribution in [0.3, 0.4) is 0 Å². The van der Waals surface area contributed by atoms with Crippen LogP contribution in [0.2, 0.25) is 0 Å². The Balaban J connectivity index is 1.98. The Kier molecular flexibility index (Phi) is 8.41. The Morgan fingerprint density at radius 2 is 1.80 bits per heavy atom. The number of amides is 3. The van der Waals surface area contributed by atoms with E-state index in [-0.39, 0.29) is 18.4 Å². The molecule has 0 radical (unpaired) electrons. The zero-order chi connectivity index (χ0) is 22.3. The highest BCUT2D eigenvalue weighted by Crippen LogP contribution is 2.20. The molecule has 0 unspecified atom stereocenters. The normalized spacial score (nSPS) is 11.5. The quantitative estimate of drug-likeness (QED) is 0.545. The molecule has 0 saturated carbocycles. The molecule has 0 spiro atoms. The number of anilines is 1. The molecule has 2 aromatic carbocycles. The summed E-state index contributed by atoms with van der Waals surface area (Å²) in [6, 6.07) is 11.5. The Bertz CT molecular complexity index is 930. The second-order valence-corrected chi connectivity index (χ2v) is 8.04. The summed E-state index contributed by atoms with van der Waals surface area (Å²) in [6.45, 7) is 5.30. The van der Waals surface area contributed by atoms with Gasteiger partial charge >= 0.3 is 0 Å². The fourth-order valence-electron chi connectivity index (χ4n) is 2.83. The van der Waals surface area contributed by atoms with E-state index in [1.54, 1.807) is 30.3 Å². The third-order valence-electron chi connectivity index (χ3n) is 4.47. The molecule has 8 heteroatoms. The number of hydrogen-bond donors (Lipinski definition) is 3. The van der Waals surface area contributed by atoms with Gasteiger partial charge in [-0.25, -0.2) is 0 Å².